The molecule has 6 nitrogen and oxygen atoms in total. The molecule has 6 atom stereocenters. The van der Waals surface area contributed by atoms with E-state index in [-0.39, 0.29) is 24.2 Å². The molecule has 0 aromatic rings. The summed E-state index contributed by atoms with van der Waals surface area (Å²) in [6.07, 6.45) is -3.23. The monoisotopic (exact) mass is 266 g/mol. The van der Waals surface area contributed by atoms with E-state index >= 15 is 0 Å². The van der Waals surface area contributed by atoms with Crippen LogP contribution in [-0.2, 0) is 19.1 Å². The lowest BCUT2D eigenvalue weighted by Crippen LogP contribution is -2.37. The minimum atomic E-state index is -1.19. The van der Waals surface area contributed by atoms with Crippen molar-refractivity contribution in [3.8, 4) is 0 Å². The van der Waals surface area contributed by atoms with Gasteiger partial charge in [0.25, 0.3) is 0 Å². The van der Waals surface area contributed by atoms with E-state index in [0.717, 1.165) is 0 Å². The fourth-order valence-electron chi connectivity index (χ4n) is 3.49. The van der Waals surface area contributed by atoms with Crippen LogP contribution in [0.15, 0.2) is 12.2 Å². The van der Waals surface area contributed by atoms with E-state index in [2.05, 4.69) is 6.58 Å². The maximum atomic E-state index is 12.0. The number of ketones is 2. The fraction of sp³-hybridized carbons (Fsp3) is 0.615. The fourth-order valence-corrected chi connectivity index (χ4v) is 3.49. The van der Waals surface area contributed by atoms with Crippen LogP contribution < -0.4 is 0 Å². The molecule has 0 aromatic carbocycles. The minimum absolute atomic E-state index is 0.0439. The van der Waals surface area contributed by atoms with E-state index in [0.29, 0.717) is 0 Å². The number of carbonyl (C=O) groups is 3. The molecule has 19 heavy (non-hydrogen) atoms. The number of ether oxygens (including phenoxy) is 1. The van der Waals surface area contributed by atoms with E-state index in [1.165, 1.54) is 0 Å². The highest BCUT2D eigenvalue weighted by molar-refractivity contribution is 5.99. The number of rotatable bonds is 0. The Morgan fingerprint density at radius 3 is 2.53 bits per heavy atom. The Bertz CT molecular complexity index is 495. The van der Waals surface area contributed by atoms with Gasteiger partial charge in [-0.15, -0.1) is 0 Å². The van der Waals surface area contributed by atoms with Crippen molar-refractivity contribution >= 4 is 17.5 Å². The van der Waals surface area contributed by atoms with Gasteiger partial charge in [0.05, 0.1) is 17.9 Å². The zero-order chi connectivity index (χ0) is 13.9. The zero-order valence-electron chi connectivity index (χ0n) is 10.1. The molecule has 3 aliphatic rings. The van der Waals surface area contributed by atoms with Crippen molar-refractivity contribution < 1.29 is 29.3 Å². The average molecular weight is 266 g/mol. The Kier molecular flexibility index (Phi) is 2.62. The van der Waals surface area contributed by atoms with Crippen LogP contribution in [0.1, 0.15) is 12.8 Å². The van der Waals surface area contributed by atoms with Gasteiger partial charge in [-0.2, -0.15) is 0 Å². The lowest BCUT2D eigenvalue weighted by Gasteiger charge is -2.23. The Morgan fingerprint density at radius 1 is 1.16 bits per heavy atom. The molecule has 0 spiro atoms. The summed E-state index contributed by atoms with van der Waals surface area (Å²) in [5.74, 6) is -3.65. The molecule has 0 amide bonds. The Morgan fingerprint density at radius 2 is 1.84 bits per heavy atom. The number of aliphatic hydroxyl groups excluding tert-OH is 2. The van der Waals surface area contributed by atoms with Crippen molar-refractivity contribution in [1.29, 1.82) is 0 Å². The molecule has 102 valence electrons. The second kappa shape index (κ2) is 3.98. The first-order valence-electron chi connectivity index (χ1n) is 6.24. The first-order chi connectivity index (χ1) is 8.91. The topological polar surface area (TPSA) is 101 Å². The van der Waals surface area contributed by atoms with E-state index in [9.17, 15) is 24.6 Å². The van der Waals surface area contributed by atoms with Crippen LogP contribution in [-0.4, -0.2) is 46.1 Å². The smallest absolute Gasteiger partial charge is 0.334 e. The Hall–Kier alpha value is -1.53. The Labute approximate surface area is 109 Å². The molecule has 1 heterocycles. The minimum Gasteiger partial charge on any atom is -0.457 e. The standard InChI is InChI=1S/C13H14O6/c1-4-9-7(15)3-6(14)5-2-8(16)11(17)10(5)12(9)19-13(4)18/h5,7-10,12,15-16H,1-3H2/t5-,7+,8-,9+,10+,12-/m0/s1. The van der Waals surface area contributed by atoms with E-state index < -0.39 is 47.8 Å². The van der Waals surface area contributed by atoms with Crippen LogP contribution in [0.2, 0.25) is 0 Å². The SMILES string of the molecule is C=C1C(=O)O[C@@H]2[C@H]3C(=O)[C@@H](O)C[C@H]3C(=O)C[C@@H](O)[C@@H]12. The van der Waals surface area contributed by atoms with Gasteiger partial charge in [0.15, 0.2) is 5.78 Å². The van der Waals surface area contributed by atoms with Crippen molar-refractivity contribution in [2.75, 3.05) is 0 Å². The number of fused-ring (bicyclic) bond motifs is 3. The predicted octanol–water partition coefficient (Wildman–Crippen LogP) is -1.02. The molecule has 2 aliphatic carbocycles. The van der Waals surface area contributed by atoms with Gasteiger partial charge in [0.2, 0.25) is 0 Å². The van der Waals surface area contributed by atoms with Crippen molar-refractivity contribution in [3.05, 3.63) is 12.2 Å². The summed E-state index contributed by atoms with van der Waals surface area (Å²) in [5.41, 5.74) is 0.0974. The molecule has 2 saturated carbocycles. The number of hydrogen-bond donors (Lipinski definition) is 2. The normalized spacial score (nSPS) is 45.8. The second-order valence-corrected chi connectivity index (χ2v) is 5.44. The molecule has 0 aromatic heterocycles. The highest BCUT2D eigenvalue weighted by Gasteiger charge is 2.59. The summed E-state index contributed by atoms with van der Waals surface area (Å²) < 4.78 is 5.13. The largest absolute Gasteiger partial charge is 0.457 e. The molecule has 0 bridgehead atoms. The van der Waals surface area contributed by atoms with Gasteiger partial charge in [-0.25, -0.2) is 4.79 Å². The number of aliphatic hydroxyl groups is 2. The first kappa shape index (κ1) is 12.5. The molecule has 0 radical (unpaired) electrons. The number of esters is 1. The third-order valence-corrected chi connectivity index (χ3v) is 4.42. The molecule has 3 fully saturated rings. The van der Waals surface area contributed by atoms with Gasteiger partial charge >= 0.3 is 5.97 Å². The van der Waals surface area contributed by atoms with Crippen LogP contribution in [0.5, 0.6) is 0 Å². The quantitative estimate of drug-likeness (QED) is 0.430. The molecular weight excluding hydrogens is 252 g/mol. The molecule has 1 aliphatic heterocycles. The predicted molar refractivity (Wildman–Crippen MR) is 60.8 cm³/mol. The van der Waals surface area contributed by atoms with Crippen LogP contribution in [0.4, 0.5) is 0 Å². The molecule has 2 N–H and O–H groups in total. The molecule has 6 heteroatoms. The Balaban J connectivity index is 2.05. The van der Waals surface area contributed by atoms with Crippen molar-refractivity contribution in [2.45, 2.75) is 31.2 Å². The highest BCUT2D eigenvalue weighted by atomic mass is 16.6. The van der Waals surface area contributed by atoms with Crippen molar-refractivity contribution in [1.82, 2.24) is 0 Å². The summed E-state index contributed by atoms with van der Waals surface area (Å²) in [4.78, 5) is 35.6. The van der Waals surface area contributed by atoms with E-state index in [1.54, 1.807) is 0 Å². The summed E-state index contributed by atoms with van der Waals surface area (Å²) in [7, 11) is 0. The third-order valence-electron chi connectivity index (χ3n) is 4.42. The van der Waals surface area contributed by atoms with Gasteiger partial charge in [0.1, 0.15) is 18.0 Å². The van der Waals surface area contributed by atoms with Gasteiger partial charge in [-0.1, -0.05) is 6.58 Å². The van der Waals surface area contributed by atoms with Crippen LogP contribution >= 0.6 is 0 Å². The number of carbonyl (C=O) groups excluding carboxylic acids is 3. The third kappa shape index (κ3) is 1.60. The number of hydrogen-bond acceptors (Lipinski definition) is 6. The van der Waals surface area contributed by atoms with Crippen molar-refractivity contribution in [2.24, 2.45) is 17.8 Å². The molecule has 0 unspecified atom stereocenters. The molecular formula is C13H14O6. The maximum Gasteiger partial charge on any atom is 0.334 e. The second-order valence-electron chi connectivity index (χ2n) is 5.44. The zero-order valence-corrected chi connectivity index (χ0v) is 10.1. The van der Waals surface area contributed by atoms with E-state index in [4.69, 9.17) is 4.74 Å². The van der Waals surface area contributed by atoms with Crippen molar-refractivity contribution in [3.63, 3.8) is 0 Å². The number of Topliss-reactive ketones (excluding diaryl/α,β-unsaturated/α-hetero) is 2. The summed E-state index contributed by atoms with van der Waals surface area (Å²) in [6.45, 7) is 3.58. The summed E-state index contributed by atoms with van der Waals surface area (Å²) in [6, 6.07) is 0. The van der Waals surface area contributed by atoms with Gasteiger partial charge < -0.3 is 14.9 Å². The summed E-state index contributed by atoms with van der Waals surface area (Å²) >= 11 is 0. The summed E-state index contributed by atoms with van der Waals surface area (Å²) in [5, 5.41) is 19.7. The van der Waals surface area contributed by atoms with E-state index in [1.807, 2.05) is 0 Å². The van der Waals surface area contributed by atoms with Gasteiger partial charge in [0, 0.05) is 17.9 Å². The van der Waals surface area contributed by atoms with Gasteiger partial charge in [-0.05, 0) is 6.42 Å². The lowest BCUT2D eigenvalue weighted by atomic mass is 9.83. The average Bonchev–Trinajstić information content (AvgIpc) is 2.75. The first-order valence-corrected chi connectivity index (χ1v) is 6.24. The van der Waals surface area contributed by atoms with Crippen LogP contribution in [0, 0.1) is 17.8 Å². The van der Waals surface area contributed by atoms with Crippen LogP contribution in [0.25, 0.3) is 0 Å². The van der Waals surface area contributed by atoms with Crippen LogP contribution in [0.3, 0.4) is 0 Å². The lowest BCUT2D eigenvalue weighted by molar-refractivity contribution is -0.146. The highest BCUT2D eigenvalue weighted by Crippen LogP contribution is 2.46. The maximum absolute atomic E-state index is 12.0. The molecule has 1 saturated heterocycles. The van der Waals surface area contributed by atoms with Gasteiger partial charge in [-0.3, -0.25) is 9.59 Å². The molecule has 3 rings (SSSR count).